The lowest BCUT2D eigenvalue weighted by molar-refractivity contribution is -0.141. The molecule has 3 aromatic rings. The predicted molar refractivity (Wildman–Crippen MR) is 218 cm³/mol. The Kier molecular flexibility index (Phi) is 15.2. The fourth-order valence-electron chi connectivity index (χ4n) is 7.70. The molecule has 0 radical (unpaired) electrons. The number of H-pyrrole nitrogens is 2. The molecular weight excluding hydrogens is 730 g/mol. The number of aromatic amines is 2. The summed E-state index contributed by atoms with van der Waals surface area (Å²) < 4.78 is 26.4. The van der Waals surface area contributed by atoms with Gasteiger partial charge in [-0.15, -0.1) is 0 Å². The zero-order valence-corrected chi connectivity index (χ0v) is 34.5. The minimum Gasteiger partial charge on any atom is -0.469 e. The number of rotatable bonds is 18. The van der Waals surface area contributed by atoms with Crippen LogP contribution in [-0.2, 0) is 57.3 Å². The van der Waals surface area contributed by atoms with Gasteiger partial charge in [0.25, 0.3) is 5.91 Å². The Balaban J connectivity index is 1.78. The van der Waals surface area contributed by atoms with Crippen LogP contribution < -0.4 is 5.32 Å². The molecular formula is C43H57N5O9. The molecule has 0 saturated heterocycles. The van der Waals surface area contributed by atoms with Crippen LogP contribution in [0.15, 0.2) is 18.2 Å². The van der Waals surface area contributed by atoms with E-state index in [2.05, 4.69) is 35.2 Å². The molecule has 308 valence electrons. The van der Waals surface area contributed by atoms with E-state index < -0.39 is 5.97 Å². The van der Waals surface area contributed by atoms with E-state index in [1.165, 1.54) is 14.2 Å². The normalized spacial score (nSPS) is 15.2. The Morgan fingerprint density at radius 1 is 0.807 bits per heavy atom. The van der Waals surface area contributed by atoms with E-state index >= 15 is 0 Å². The summed E-state index contributed by atoms with van der Waals surface area (Å²) >= 11 is 0. The molecule has 57 heavy (non-hydrogen) atoms. The standard InChI is InChI=1S/C43H57N5O9/c1-9-28-24(2)33-22-37-29(12-14-49)25(3)32(46-37)21-34-26(4)30(10-11-38(50)54-7)41(47-34)31(20-39(51)55-8)42-40(27(5)35(48-42)23-36(28)45-33)43(52)44-13-15-56-18-19-57-17-16-53-6/h21-23,26,30,45-46,49H,9-20H2,1-8H3,(H,44,52). The second-order valence-electron chi connectivity index (χ2n) is 14.4. The van der Waals surface area contributed by atoms with E-state index in [9.17, 15) is 19.5 Å². The first kappa shape index (κ1) is 43.2. The molecule has 14 heteroatoms. The number of aromatic nitrogens is 4. The van der Waals surface area contributed by atoms with Gasteiger partial charge in [-0.25, -0.2) is 4.98 Å². The van der Waals surface area contributed by atoms with Crippen molar-refractivity contribution in [3.8, 4) is 0 Å². The van der Waals surface area contributed by atoms with Crippen molar-refractivity contribution in [2.45, 2.75) is 78.6 Å². The molecule has 8 bridgehead atoms. The molecule has 3 aromatic heterocycles. The number of esters is 2. The van der Waals surface area contributed by atoms with E-state index in [1.54, 1.807) is 7.11 Å². The third-order valence-electron chi connectivity index (χ3n) is 11.0. The topological polar surface area (TPSA) is 187 Å². The first-order chi connectivity index (χ1) is 27.5. The SMILES string of the molecule is CCc1c(C)c2cc3[nH]c(cc4nc(c(CC(=O)OC)c5nc(cc1[nH]2)C(C)=C5C(=O)NCCOCCOCCOC)C(CCC(=O)OC)C4C)c(C)c3CCO. The maximum Gasteiger partial charge on any atom is 0.310 e. The minimum absolute atomic E-state index is 0.0180. The number of fused-ring (bicyclic) bond motifs is 8. The zero-order valence-electron chi connectivity index (χ0n) is 34.5. The molecule has 0 fully saturated rings. The van der Waals surface area contributed by atoms with E-state index in [1.807, 2.05) is 32.9 Å². The van der Waals surface area contributed by atoms with Crippen molar-refractivity contribution in [3.05, 3.63) is 68.8 Å². The Hall–Kier alpha value is -4.89. The minimum atomic E-state index is -0.524. The number of allylic oxidation sites excluding steroid dienone is 1. The van der Waals surface area contributed by atoms with Crippen LogP contribution in [0, 0.1) is 13.8 Å². The molecule has 1 amide bonds. The summed E-state index contributed by atoms with van der Waals surface area (Å²) in [4.78, 5) is 57.7. The number of carbonyl (C=O) groups is 3. The van der Waals surface area contributed by atoms with Crippen LogP contribution in [0.25, 0.3) is 33.2 Å². The van der Waals surface area contributed by atoms with Crippen LogP contribution >= 0.6 is 0 Å². The van der Waals surface area contributed by atoms with E-state index in [4.69, 9.17) is 33.7 Å². The fourth-order valence-corrected chi connectivity index (χ4v) is 7.70. The van der Waals surface area contributed by atoms with Gasteiger partial charge >= 0.3 is 11.9 Å². The van der Waals surface area contributed by atoms with Gasteiger partial charge in [-0.3, -0.25) is 19.4 Å². The van der Waals surface area contributed by atoms with Gasteiger partial charge in [-0.2, -0.15) is 0 Å². The maximum atomic E-state index is 14.3. The number of ether oxygens (including phenoxy) is 5. The summed E-state index contributed by atoms with van der Waals surface area (Å²) in [6.45, 7) is 12.3. The highest BCUT2D eigenvalue weighted by atomic mass is 16.5. The maximum absolute atomic E-state index is 14.3. The number of nitrogens with zero attached hydrogens (tertiary/aromatic N) is 2. The summed E-state index contributed by atoms with van der Waals surface area (Å²) in [5.74, 6) is -1.79. The molecule has 0 aliphatic carbocycles. The molecule has 0 saturated carbocycles. The van der Waals surface area contributed by atoms with Gasteiger partial charge in [0.1, 0.15) is 0 Å². The van der Waals surface area contributed by atoms with Crippen molar-refractivity contribution < 1.29 is 43.2 Å². The molecule has 0 aromatic carbocycles. The summed E-state index contributed by atoms with van der Waals surface area (Å²) in [5.41, 5.74) is 11.2. The van der Waals surface area contributed by atoms with Crippen molar-refractivity contribution in [1.29, 1.82) is 0 Å². The smallest absolute Gasteiger partial charge is 0.310 e. The molecule has 2 unspecified atom stereocenters. The summed E-state index contributed by atoms with van der Waals surface area (Å²) in [5, 5.41) is 13.1. The average Bonchev–Trinajstić information content (AvgIpc) is 3.88. The number of methoxy groups -OCH3 is 3. The molecule has 14 nitrogen and oxygen atoms in total. The van der Waals surface area contributed by atoms with Crippen LogP contribution in [0.1, 0.15) is 96.0 Å². The Morgan fingerprint density at radius 3 is 2.12 bits per heavy atom. The van der Waals surface area contributed by atoms with Crippen molar-refractivity contribution >= 4 is 51.1 Å². The molecule has 2 aliphatic heterocycles. The average molecular weight is 788 g/mol. The van der Waals surface area contributed by atoms with Crippen LogP contribution in [0.2, 0.25) is 0 Å². The molecule has 5 rings (SSSR count). The quantitative estimate of drug-likeness (QED) is 0.0967. The number of hydrogen-bond acceptors (Lipinski definition) is 11. The van der Waals surface area contributed by atoms with Gasteiger partial charge < -0.3 is 44.1 Å². The summed E-state index contributed by atoms with van der Waals surface area (Å²) in [7, 11) is 4.29. The van der Waals surface area contributed by atoms with Crippen LogP contribution in [-0.4, -0.2) is 110 Å². The summed E-state index contributed by atoms with van der Waals surface area (Å²) in [6, 6.07) is 6.03. The van der Waals surface area contributed by atoms with Crippen molar-refractivity contribution in [3.63, 3.8) is 0 Å². The fraction of sp³-hybridized carbons (Fsp3) is 0.512. The number of carbonyl (C=O) groups excluding carboxylic acids is 3. The number of amides is 1. The third-order valence-corrected chi connectivity index (χ3v) is 11.0. The van der Waals surface area contributed by atoms with Crippen LogP contribution in [0.4, 0.5) is 0 Å². The second kappa shape index (κ2) is 20.0. The Labute approximate surface area is 333 Å². The van der Waals surface area contributed by atoms with Crippen LogP contribution in [0.5, 0.6) is 0 Å². The van der Waals surface area contributed by atoms with Gasteiger partial charge in [0, 0.05) is 71.8 Å². The van der Waals surface area contributed by atoms with Gasteiger partial charge in [-0.05, 0) is 86.1 Å². The summed E-state index contributed by atoms with van der Waals surface area (Å²) in [6.07, 6.45) is 1.48. The van der Waals surface area contributed by atoms with Crippen LogP contribution in [0.3, 0.4) is 0 Å². The van der Waals surface area contributed by atoms with Crippen molar-refractivity contribution in [1.82, 2.24) is 25.3 Å². The third kappa shape index (κ3) is 9.81. The molecule has 5 heterocycles. The first-order valence-electron chi connectivity index (χ1n) is 19.6. The molecule has 0 spiro atoms. The Morgan fingerprint density at radius 2 is 1.46 bits per heavy atom. The van der Waals surface area contributed by atoms with Crippen molar-refractivity contribution in [2.24, 2.45) is 0 Å². The Bertz CT molecular complexity index is 2150. The lowest BCUT2D eigenvalue weighted by Crippen LogP contribution is -2.29. The monoisotopic (exact) mass is 787 g/mol. The van der Waals surface area contributed by atoms with Gasteiger partial charge in [0.05, 0.1) is 76.3 Å². The number of hydrogen-bond donors (Lipinski definition) is 4. The zero-order chi connectivity index (χ0) is 41.2. The number of aryl methyl sites for hydroxylation is 3. The van der Waals surface area contributed by atoms with E-state index in [0.717, 1.165) is 56.4 Å². The molecule has 2 aliphatic rings. The lowest BCUT2D eigenvalue weighted by atomic mass is 9.84. The highest BCUT2D eigenvalue weighted by Gasteiger charge is 2.36. The van der Waals surface area contributed by atoms with E-state index in [-0.39, 0.29) is 56.3 Å². The highest BCUT2D eigenvalue weighted by molar-refractivity contribution is 6.27. The van der Waals surface area contributed by atoms with Crippen molar-refractivity contribution in [2.75, 3.05) is 67.5 Å². The lowest BCUT2D eigenvalue weighted by Gasteiger charge is -2.18. The van der Waals surface area contributed by atoms with Gasteiger partial charge in [0.15, 0.2) is 0 Å². The first-order valence-corrected chi connectivity index (χ1v) is 19.6. The largest absolute Gasteiger partial charge is 0.469 e. The number of aliphatic hydroxyl groups excluding tert-OH is 1. The second-order valence-corrected chi connectivity index (χ2v) is 14.4. The van der Waals surface area contributed by atoms with Gasteiger partial charge in [0.2, 0.25) is 0 Å². The van der Waals surface area contributed by atoms with E-state index in [0.29, 0.717) is 73.1 Å². The molecule has 4 N–H and O–H groups in total. The number of nitrogens with one attached hydrogen (secondary N) is 3. The van der Waals surface area contributed by atoms with Gasteiger partial charge in [-0.1, -0.05) is 13.8 Å². The predicted octanol–water partition coefficient (Wildman–Crippen LogP) is 5.31. The number of aliphatic hydroxyl groups is 1. The molecule has 2 atom stereocenters. The highest BCUT2D eigenvalue weighted by Crippen LogP contribution is 2.44.